The number of pyridine rings is 1. The number of hydrogen-bond donors (Lipinski definition) is 2. The number of carboxylic acids is 1. The fourth-order valence-electron chi connectivity index (χ4n) is 2.38. The Hall–Kier alpha value is -2.63. The molecule has 1 fully saturated rings. The Kier molecular flexibility index (Phi) is 3.21. The van der Waals surface area contributed by atoms with Gasteiger partial charge in [0.15, 0.2) is 0 Å². The van der Waals surface area contributed by atoms with E-state index >= 15 is 0 Å². The van der Waals surface area contributed by atoms with Crippen molar-refractivity contribution in [1.82, 2.24) is 9.88 Å². The summed E-state index contributed by atoms with van der Waals surface area (Å²) in [7, 11) is 0. The number of carbonyl (C=O) groups excluding carboxylic acids is 1. The van der Waals surface area contributed by atoms with Crippen molar-refractivity contribution >= 4 is 22.6 Å². The van der Waals surface area contributed by atoms with E-state index in [1.54, 1.807) is 30.3 Å². The molecule has 2 aromatic rings. The fraction of sp³-hybridized carbons (Fsp3) is 0.267. The van der Waals surface area contributed by atoms with Crippen LogP contribution in [0.5, 0.6) is 0 Å². The first-order valence-corrected chi connectivity index (χ1v) is 6.71. The monoisotopic (exact) mass is 286 g/mol. The molecule has 0 aliphatic heterocycles. The Morgan fingerprint density at radius 1 is 1.29 bits per heavy atom. The quantitative estimate of drug-likeness (QED) is 0.884. The van der Waals surface area contributed by atoms with E-state index in [0.717, 1.165) is 12.8 Å². The second kappa shape index (κ2) is 5.05. The van der Waals surface area contributed by atoms with E-state index in [1.165, 1.54) is 4.90 Å². The molecular weight excluding hydrogens is 272 g/mol. The molecule has 0 bridgehead atoms. The molecule has 1 aliphatic rings. The van der Waals surface area contributed by atoms with Gasteiger partial charge in [0.2, 0.25) is 0 Å². The predicted molar refractivity (Wildman–Crippen MR) is 76.3 cm³/mol. The molecule has 0 saturated heterocycles. The third kappa shape index (κ3) is 2.65. The van der Waals surface area contributed by atoms with E-state index in [9.17, 15) is 14.4 Å². The highest BCUT2D eigenvalue weighted by Gasteiger charge is 2.34. The average Bonchev–Trinajstić information content (AvgIpc) is 3.28. The van der Waals surface area contributed by atoms with Crippen LogP contribution in [-0.4, -0.2) is 39.5 Å². The second-order valence-electron chi connectivity index (χ2n) is 5.16. The number of fused-ring (bicyclic) bond motifs is 1. The molecule has 0 unspecified atom stereocenters. The third-order valence-electron chi connectivity index (χ3n) is 3.54. The van der Waals surface area contributed by atoms with Crippen molar-refractivity contribution in [3.8, 4) is 0 Å². The van der Waals surface area contributed by atoms with Crippen LogP contribution in [0.15, 0.2) is 35.1 Å². The van der Waals surface area contributed by atoms with Crippen molar-refractivity contribution in [2.45, 2.75) is 18.9 Å². The number of aromatic amines is 1. The summed E-state index contributed by atoms with van der Waals surface area (Å²) in [6.07, 6.45) is 1.60. The maximum atomic E-state index is 12.5. The van der Waals surface area contributed by atoms with Crippen molar-refractivity contribution in [3.63, 3.8) is 0 Å². The largest absolute Gasteiger partial charge is 0.480 e. The number of benzene rings is 1. The molecule has 6 heteroatoms. The number of nitrogens with one attached hydrogen (secondary N) is 1. The molecule has 108 valence electrons. The second-order valence-corrected chi connectivity index (χ2v) is 5.16. The summed E-state index contributed by atoms with van der Waals surface area (Å²) in [5.74, 6) is -1.50. The minimum Gasteiger partial charge on any atom is -0.480 e. The fourth-order valence-corrected chi connectivity index (χ4v) is 2.38. The summed E-state index contributed by atoms with van der Waals surface area (Å²) >= 11 is 0. The molecule has 0 spiro atoms. The van der Waals surface area contributed by atoms with Crippen LogP contribution in [0.4, 0.5) is 0 Å². The predicted octanol–water partition coefficient (Wildman–Crippen LogP) is 1.22. The van der Waals surface area contributed by atoms with E-state index < -0.39 is 11.9 Å². The molecular formula is C15H14N2O4. The van der Waals surface area contributed by atoms with Gasteiger partial charge in [-0.05, 0) is 30.4 Å². The smallest absolute Gasteiger partial charge is 0.323 e. The summed E-state index contributed by atoms with van der Waals surface area (Å²) in [4.78, 5) is 39.2. The molecule has 6 nitrogen and oxygen atoms in total. The van der Waals surface area contributed by atoms with Crippen LogP contribution in [0, 0.1) is 0 Å². The molecule has 1 aliphatic carbocycles. The zero-order chi connectivity index (χ0) is 15.0. The number of hydrogen-bond acceptors (Lipinski definition) is 3. The third-order valence-corrected chi connectivity index (χ3v) is 3.54. The van der Waals surface area contributed by atoms with Crippen LogP contribution in [0.1, 0.15) is 23.3 Å². The molecule has 1 amide bonds. The van der Waals surface area contributed by atoms with Crippen molar-refractivity contribution < 1.29 is 14.7 Å². The highest BCUT2D eigenvalue weighted by Crippen LogP contribution is 2.28. The molecule has 0 atom stereocenters. The van der Waals surface area contributed by atoms with E-state index in [2.05, 4.69) is 4.98 Å². The molecule has 3 rings (SSSR count). The first-order chi connectivity index (χ1) is 10.1. The molecule has 0 radical (unpaired) electrons. The summed E-state index contributed by atoms with van der Waals surface area (Å²) < 4.78 is 0. The first-order valence-electron chi connectivity index (χ1n) is 6.71. The number of carbonyl (C=O) groups is 2. The van der Waals surface area contributed by atoms with Crippen LogP contribution in [0.2, 0.25) is 0 Å². The van der Waals surface area contributed by atoms with Crippen LogP contribution in [0.3, 0.4) is 0 Å². The number of aliphatic carboxylic acids is 1. The number of aromatic nitrogens is 1. The van der Waals surface area contributed by atoms with Crippen molar-refractivity contribution in [2.24, 2.45) is 0 Å². The molecule has 1 saturated carbocycles. The lowest BCUT2D eigenvalue weighted by molar-refractivity contribution is -0.137. The van der Waals surface area contributed by atoms with Crippen molar-refractivity contribution in [3.05, 3.63) is 46.4 Å². The highest BCUT2D eigenvalue weighted by molar-refractivity contribution is 5.97. The van der Waals surface area contributed by atoms with E-state index in [0.29, 0.717) is 10.8 Å². The van der Waals surface area contributed by atoms with Crippen LogP contribution >= 0.6 is 0 Å². The number of H-pyrrole nitrogens is 1. The van der Waals surface area contributed by atoms with E-state index in [1.807, 2.05) is 0 Å². The van der Waals surface area contributed by atoms with Crippen LogP contribution in [0.25, 0.3) is 10.8 Å². The minimum absolute atomic E-state index is 0.0384. The van der Waals surface area contributed by atoms with Gasteiger partial charge in [0, 0.05) is 11.4 Å². The Morgan fingerprint density at radius 3 is 2.67 bits per heavy atom. The number of amides is 1. The van der Waals surface area contributed by atoms with Gasteiger partial charge in [-0.2, -0.15) is 0 Å². The van der Waals surface area contributed by atoms with Gasteiger partial charge in [-0.1, -0.05) is 18.2 Å². The van der Waals surface area contributed by atoms with Gasteiger partial charge in [-0.25, -0.2) is 0 Å². The minimum atomic E-state index is -1.06. The van der Waals surface area contributed by atoms with Gasteiger partial charge in [-0.3, -0.25) is 14.4 Å². The van der Waals surface area contributed by atoms with Crippen LogP contribution < -0.4 is 5.56 Å². The topological polar surface area (TPSA) is 90.5 Å². The molecule has 2 N–H and O–H groups in total. The normalized spacial score (nSPS) is 14.1. The molecule has 1 aromatic heterocycles. The molecule has 1 heterocycles. The van der Waals surface area contributed by atoms with Gasteiger partial charge >= 0.3 is 5.97 Å². The number of carboxylic acid groups (broad SMARTS) is 1. The Morgan fingerprint density at radius 2 is 2.00 bits per heavy atom. The number of rotatable bonds is 4. The van der Waals surface area contributed by atoms with Gasteiger partial charge in [0.1, 0.15) is 12.2 Å². The zero-order valence-electron chi connectivity index (χ0n) is 11.2. The highest BCUT2D eigenvalue weighted by atomic mass is 16.4. The van der Waals surface area contributed by atoms with Gasteiger partial charge in [0.05, 0.1) is 0 Å². The van der Waals surface area contributed by atoms with Gasteiger partial charge < -0.3 is 15.0 Å². The van der Waals surface area contributed by atoms with Crippen LogP contribution in [-0.2, 0) is 4.79 Å². The Balaban J connectivity index is 2.00. The summed E-state index contributed by atoms with van der Waals surface area (Å²) in [6.45, 7) is -0.349. The Bertz CT molecular complexity index is 777. The Labute approximate surface area is 120 Å². The van der Waals surface area contributed by atoms with Gasteiger partial charge in [0.25, 0.3) is 11.5 Å². The molecule has 21 heavy (non-hydrogen) atoms. The summed E-state index contributed by atoms with van der Waals surface area (Å²) in [5, 5.41) is 10.1. The molecule has 1 aromatic carbocycles. The van der Waals surface area contributed by atoms with E-state index in [4.69, 9.17) is 5.11 Å². The lowest BCUT2D eigenvalue weighted by Gasteiger charge is -2.20. The maximum Gasteiger partial charge on any atom is 0.323 e. The summed E-state index contributed by atoms with van der Waals surface area (Å²) in [6, 6.07) is 8.52. The maximum absolute atomic E-state index is 12.5. The summed E-state index contributed by atoms with van der Waals surface area (Å²) in [5.41, 5.74) is -0.214. The van der Waals surface area contributed by atoms with Crippen molar-refractivity contribution in [2.75, 3.05) is 6.54 Å². The number of nitrogens with zero attached hydrogens (tertiary/aromatic N) is 1. The van der Waals surface area contributed by atoms with Crippen molar-refractivity contribution in [1.29, 1.82) is 0 Å². The van der Waals surface area contributed by atoms with Gasteiger partial charge in [-0.15, -0.1) is 0 Å². The zero-order valence-corrected chi connectivity index (χ0v) is 11.2. The lowest BCUT2D eigenvalue weighted by Crippen LogP contribution is -2.38. The standard InChI is InChI=1S/C15H14N2O4/c18-13(19)8-17(10-5-6-10)15(21)12-7-9-3-1-2-4-11(9)14(20)16-12/h1-4,7,10H,5-6,8H2,(H,16,20)(H,18,19). The average molecular weight is 286 g/mol. The lowest BCUT2D eigenvalue weighted by atomic mass is 10.1. The van der Waals surface area contributed by atoms with E-state index in [-0.39, 0.29) is 23.8 Å². The first kappa shape index (κ1) is 13.4. The SMILES string of the molecule is O=C(O)CN(C(=O)c1cc2ccccc2c(=O)[nH]1)C1CC1.